The Labute approximate surface area is 213 Å². The lowest BCUT2D eigenvalue weighted by Crippen LogP contribution is -2.40. The van der Waals surface area contributed by atoms with Gasteiger partial charge in [0, 0.05) is 31.5 Å². The van der Waals surface area contributed by atoms with Crippen LogP contribution in [0.25, 0.3) is 11.3 Å². The van der Waals surface area contributed by atoms with Crippen molar-refractivity contribution in [3.63, 3.8) is 0 Å². The lowest BCUT2D eigenvalue weighted by molar-refractivity contribution is 0.189. The van der Waals surface area contributed by atoms with Crippen LogP contribution in [0.15, 0.2) is 72.0 Å². The van der Waals surface area contributed by atoms with Crippen molar-refractivity contribution in [1.29, 1.82) is 0 Å². The molecule has 5 rings (SSSR count). The van der Waals surface area contributed by atoms with Crippen LogP contribution < -0.4 is 14.9 Å². The van der Waals surface area contributed by atoms with E-state index in [2.05, 4.69) is 25.7 Å². The third kappa shape index (κ3) is 4.96. The van der Waals surface area contributed by atoms with Crippen LogP contribution in [0.4, 0.5) is 22.1 Å². The highest BCUT2D eigenvalue weighted by atomic mass is 32.2. The molecule has 1 aliphatic heterocycles. The van der Waals surface area contributed by atoms with Crippen molar-refractivity contribution in [3.8, 4) is 11.3 Å². The van der Waals surface area contributed by atoms with Gasteiger partial charge in [0.1, 0.15) is 0 Å². The number of aromatic nitrogens is 4. The van der Waals surface area contributed by atoms with Gasteiger partial charge in [0.2, 0.25) is 5.95 Å². The Morgan fingerprint density at radius 3 is 2.62 bits per heavy atom. The van der Waals surface area contributed by atoms with Gasteiger partial charge < -0.3 is 15.7 Å². The third-order valence-corrected chi connectivity index (χ3v) is 7.94. The SMILES string of the molecule is Cc1ccc(S(=O)(=O)N2CCC(NC(=O)O)c3ccc(-c4ccnc(Nc5cnn(C)c5)n4)cc32)cc1. The number of benzene rings is 2. The summed E-state index contributed by atoms with van der Waals surface area (Å²) in [5, 5.41) is 19.1. The van der Waals surface area contributed by atoms with Gasteiger partial charge in [-0.25, -0.2) is 23.2 Å². The maximum atomic E-state index is 13.6. The molecular weight excluding hydrogens is 494 g/mol. The summed E-state index contributed by atoms with van der Waals surface area (Å²) in [7, 11) is -2.08. The molecule has 1 amide bonds. The van der Waals surface area contributed by atoms with E-state index in [9.17, 15) is 18.3 Å². The smallest absolute Gasteiger partial charge is 0.405 e. The van der Waals surface area contributed by atoms with Crippen molar-refractivity contribution < 1.29 is 18.3 Å². The van der Waals surface area contributed by atoms with Crippen molar-refractivity contribution in [2.75, 3.05) is 16.2 Å². The zero-order valence-corrected chi connectivity index (χ0v) is 21.0. The molecular formula is C25H25N7O4S. The van der Waals surface area contributed by atoms with Crippen LogP contribution in [-0.4, -0.2) is 45.9 Å². The highest BCUT2D eigenvalue weighted by Gasteiger charge is 2.34. The van der Waals surface area contributed by atoms with E-state index in [0.717, 1.165) is 11.3 Å². The first-order valence-corrected chi connectivity index (χ1v) is 13.0. The highest BCUT2D eigenvalue weighted by molar-refractivity contribution is 7.92. The molecule has 0 aliphatic carbocycles. The number of carbonyl (C=O) groups is 1. The third-order valence-electron chi connectivity index (χ3n) is 6.11. The summed E-state index contributed by atoms with van der Waals surface area (Å²) in [5.74, 6) is 0.359. The van der Waals surface area contributed by atoms with E-state index in [1.54, 1.807) is 78.9 Å². The molecule has 190 valence electrons. The minimum Gasteiger partial charge on any atom is -0.465 e. The fourth-order valence-corrected chi connectivity index (χ4v) is 5.81. The highest BCUT2D eigenvalue weighted by Crippen LogP contribution is 2.39. The summed E-state index contributed by atoms with van der Waals surface area (Å²) < 4.78 is 30.3. The Morgan fingerprint density at radius 2 is 1.92 bits per heavy atom. The van der Waals surface area contributed by atoms with Crippen LogP contribution in [0, 0.1) is 6.92 Å². The first kappa shape index (κ1) is 24.3. The van der Waals surface area contributed by atoms with E-state index in [1.165, 1.54) is 4.31 Å². The molecule has 1 unspecified atom stereocenters. The molecule has 2 aromatic carbocycles. The largest absolute Gasteiger partial charge is 0.465 e. The van der Waals surface area contributed by atoms with Gasteiger partial charge in [0.25, 0.3) is 10.0 Å². The van der Waals surface area contributed by atoms with E-state index in [0.29, 0.717) is 34.9 Å². The van der Waals surface area contributed by atoms with E-state index in [1.807, 2.05) is 6.92 Å². The monoisotopic (exact) mass is 519 g/mol. The zero-order valence-electron chi connectivity index (χ0n) is 20.2. The molecule has 3 heterocycles. The normalized spacial score (nSPS) is 15.2. The van der Waals surface area contributed by atoms with Gasteiger partial charge in [-0.05, 0) is 43.2 Å². The molecule has 1 atom stereocenters. The van der Waals surface area contributed by atoms with Gasteiger partial charge in [-0.2, -0.15) is 5.10 Å². The van der Waals surface area contributed by atoms with E-state index in [-0.39, 0.29) is 11.4 Å². The van der Waals surface area contributed by atoms with Gasteiger partial charge in [-0.1, -0.05) is 29.8 Å². The summed E-state index contributed by atoms with van der Waals surface area (Å²) in [5.41, 5.74) is 3.90. The fraction of sp³-hybridized carbons (Fsp3) is 0.200. The molecule has 0 radical (unpaired) electrons. The number of aryl methyl sites for hydroxylation is 2. The number of fused-ring (bicyclic) bond motifs is 1. The van der Waals surface area contributed by atoms with Crippen molar-refractivity contribution in [2.24, 2.45) is 7.05 Å². The second kappa shape index (κ2) is 9.54. The predicted molar refractivity (Wildman–Crippen MR) is 138 cm³/mol. The molecule has 0 fully saturated rings. The summed E-state index contributed by atoms with van der Waals surface area (Å²) in [4.78, 5) is 20.4. The maximum absolute atomic E-state index is 13.6. The fourth-order valence-electron chi connectivity index (χ4n) is 4.32. The van der Waals surface area contributed by atoms with Crippen LogP contribution in [0.1, 0.15) is 23.6 Å². The molecule has 4 aromatic rings. The number of amides is 1. The predicted octanol–water partition coefficient (Wildman–Crippen LogP) is 3.84. The minimum absolute atomic E-state index is 0.120. The second-order valence-electron chi connectivity index (χ2n) is 8.75. The van der Waals surface area contributed by atoms with Crippen molar-refractivity contribution in [2.45, 2.75) is 24.3 Å². The van der Waals surface area contributed by atoms with Gasteiger partial charge in [0.15, 0.2) is 0 Å². The number of carboxylic acid groups (broad SMARTS) is 1. The van der Waals surface area contributed by atoms with Gasteiger partial charge in [0.05, 0.1) is 34.2 Å². The first-order valence-electron chi connectivity index (χ1n) is 11.5. The van der Waals surface area contributed by atoms with Crippen LogP contribution >= 0.6 is 0 Å². The van der Waals surface area contributed by atoms with E-state index in [4.69, 9.17) is 0 Å². The number of anilines is 3. The van der Waals surface area contributed by atoms with Crippen LogP contribution in [0.2, 0.25) is 0 Å². The lowest BCUT2D eigenvalue weighted by Gasteiger charge is -2.35. The number of hydrogen-bond donors (Lipinski definition) is 3. The number of nitrogens with one attached hydrogen (secondary N) is 2. The average Bonchev–Trinajstić information content (AvgIpc) is 3.28. The van der Waals surface area contributed by atoms with Gasteiger partial charge >= 0.3 is 6.09 Å². The number of rotatable bonds is 6. The molecule has 3 N–H and O–H groups in total. The summed E-state index contributed by atoms with van der Waals surface area (Å²) >= 11 is 0. The standard InChI is InChI=1S/C25H25N7O4S/c1-16-3-6-19(7-4-16)37(35,36)32-12-10-22(30-25(33)34)20-8-5-17(13-23(20)32)21-9-11-26-24(29-21)28-18-14-27-31(2)15-18/h3-9,11,13-15,22,30H,10,12H2,1-2H3,(H,33,34)(H,26,28,29). The molecule has 0 bridgehead atoms. The summed E-state index contributed by atoms with van der Waals surface area (Å²) in [6.07, 6.45) is 4.18. The Kier molecular flexibility index (Phi) is 6.25. The molecule has 11 nitrogen and oxygen atoms in total. The Balaban J connectivity index is 1.56. The van der Waals surface area contributed by atoms with Crippen molar-refractivity contribution in [3.05, 3.63) is 78.2 Å². The average molecular weight is 520 g/mol. The van der Waals surface area contributed by atoms with Crippen molar-refractivity contribution >= 4 is 33.4 Å². The summed E-state index contributed by atoms with van der Waals surface area (Å²) in [6, 6.07) is 13.1. The van der Waals surface area contributed by atoms with Crippen LogP contribution in [-0.2, 0) is 17.1 Å². The van der Waals surface area contributed by atoms with Crippen molar-refractivity contribution in [1.82, 2.24) is 25.1 Å². The Morgan fingerprint density at radius 1 is 1.14 bits per heavy atom. The Hall–Kier alpha value is -4.45. The van der Waals surface area contributed by atoms with Crippen LogP contribution in [0.5, 0.6) is 0 Å². The molecule has 37 heavy (non-hydrogen) atoms. The molecule has 12 heteroatoms. The van der Waals surface area contributed by atoms with E-state index >= 15 is 0 Å². The number of sulfonamides is 1. The zero-order chi connectivity index (χ0) is 26.2. The molecule has 0 saturated heterocycles. The lowest BCUT2D eigenvalue weighted by atomic mass is 9.95. The Bertz CT molecular complexity index is 1570. The molecule has 2 aromatic heterocycles. The molecule has 1 aliphatic rings. The van der Waals surface area contributed by atoms with Gasteiger partial charge in [-0.3, -0.25) is 8.99 Å². The number of nitrogens with zero attached hydrogens (tertiary/aromatic N) is 5. The quantitative estimate of drug-likeness (QED) is 0.349. The molecule has 0 spiro atoms. The van der Waals surface area contributed by atoms with Crippen LogP contribution in [0.3, 0.4) is 0 Å². The minimum atomic E-state index is -3.89. The molecule has 0 saturated carbocycles. The number of hydrogen-bond acceptors (Lipinski definition) is 7. The summed E-state index contributed by atoms with van der Waals surface area (Å²) in [6.45, 7) is 2.01. The van der Waals surface area contributed by atoms with E-state index < -0.39 is 22.2 Å². The van der Waals surface area contributed by atoms with Gasteiger partial charge in [-0.15, -0.1) is 0 Å². The topological polar surface area (TPSA) is 142 Å². The first-order chi connectivity index (χ1) is 17.7. The second-order valence-corrected chi connectivity index (χ2v) is 10.6. The maximum Gasteiger partial charge on any atom is 0.405 e.